The third-order valence-corrected chi connectivity index (χ3v) is 4.89. The maximum atomic E-state index is 13.1. The van der Waals surface area contributed by atoms with Crippen LogP contribution in [0.4, 0.5) is 4.39 Å². The zero-order chi connectivity index (χ0) is 18.6. The van der Waals surface area contributed by atoms with E-state index in [1.165, 1.54) is 23.3 Å². The van der Waals surface area contributed by atoms with Gasteiger partial charge in [0.1, 0.15) is 5.82 Å². The molecule has 27 heavy (non-hydrogen) atoms. The second-order valence-corrected chi connectivity index (χ2v) is 6.78. The van der Waals surface area contributed by atoms with Crippen molar-refractivity contribution >= 4 is 5.91 Å². The second-order valence-electron chi connectivity index (χ2n) is 6.78. The van der Waals surface area contributed by atoms with Gasteiger partial charge in [-0.05, 0) is 35.4 Å². The largest absolute Gasteiger partial charge is 0.352 e. The van der Waals surface area contributed by atoms with Crippen molar-refractivity contribution in [2.45, 2.75) is 26.1 Å². The van der Waals surface area contributed by atoms with Crippen LogP contribution < -0.4 is 5.32 Å². The van der Waals surface area contributed by atoms with Gasteiger partial charge in [0.2, 0.25) is 5.91 Å². The number of benzene rings is 2. The Hall–Kier alpha value is -2.99. The molecule has 5 nitrogen and oxygen atoms in total. The molecule has 2 aromatic carbocycles. The summed E-state index contributed by atoms with van der Waals surface area (Å²) in [5.41, 5.74) is 5.21. The number of halogens is 1. The van der Waals surface area contributed by atoms with Gasteiger partial charge >= 0.3 is 0 Å². The molecule has 2 heterocycles. The van der Waals surface area contributed by atoms with Crippen LogP contribution in [0.1, 0.15) is 23.1 Å². The van der Waals surface area contributed by atoms with Crippen molar-refractivity contribution in [3.05, 3.63) is 77.2 Å². The van der Waals surface area contributed by atoms with Gasteiger partial charge in [0.05, 0.1) is 11.9 Å². The Morgan fingerprint density at radius 2 is 1.81 bits per heavy atom. The number of nitrogens with one attached hydrogen (secondary N) is 2. The van der Waals surface area contributed by atoms with Crippen LogP contribution in [0.25, 0.3) is 11.3 Å². The first-order valence-corrected chi connectivity index (χ1v) is 9.03. The molecular weight excluding hydrogens is 343 g/mol. The van der Waals surface area contributed by atoms with Gasteiger partial charge in [-0.2, -0.15) is 5.10 Å². The number of hydrogen-bond donors (Lipinski definition) is 2. The fourth-order valence-corrected chi connectivity index (χ4v) is 3.42. The molecule has 2 N–H and O–H groups in total. The average molecular weight is 364 g/mol. The van der Waals surface area contributed by atoms with E-state index < -0.39 is 0 Å². The van der Waals surface area contributed by atoms with E-state index in [9.17, 15) is 9.18 Å². The van der Waals surface area contributed by atoms with Crippen molar-refractivity contribution in [2.75, 3.05) is 6.54 Å². The zero-order valence-electron chi connectivity index (χ0n) is 14.9. The highest BCUT2D eigenvalue weighted by atomic mass is 19.1. The molecule has 0 fully saturated rings. The Balaban J connectivity index is 1.28. The number of carbonyl (C=O) groups excluding carboxylic acids is 1. The molecule has 3 aromatic rings. The topological polar surface area (TPSA) is 61.0 Å². The van der Waals surface area contributed by atoms with Crippen LogP contribution in [-0.4, -0.2) is 27.5 Å². The van der Waals surface area contributed by atoms with Gasteiger partial charge < -0.3 is 5.32 Å². The third kappa shape index (κ3) is 4.06. The average Bonchev–Trinajstić information content (AvgIpc) is 3.31. The molecule has 4 rings (SSSR count). The van der Waals surface area contributed by atoms with Gasteiger partial charge in [0.25, 0.3) is 0 Å². The standard InChI is InChI=1S/C21H21FN4O/c22-19-7-5-15(6-8-19)21-18(12-24-25-21)11-23-20(27)9-10-26-13-16-3-1-2-4-17(16)14-26/h1-8,12H,9-11,13-14H2,(H,23,27)(H,24,25). The molecule has 0 radical (unpaired) electrons. The summed E-state index contributed by atoms with van der Waals surface area (Å²) in [6.45, 7) is 2.93. The minimum Gasteiger partial charge on any atom is -0.352 e. The maximum absolute atomic E-state index is 13.1. The number of nitrogens with zero attached hydrogens (tertiary/aromatic N) is 2. The highest BCUT2D eigenvalue weighted by Crippen LogP contribution is 2.23. The Kier molecular flexibility index (Phi) is 4.98. The lowest BCUT2D eigenvalue weighted by Gasteiger charge is -2.14. The molecule has 0 atom stereocenters. The molecule has 0 spiro atoms. The first-order chi connectivity index (χ1) is 13.2. The van der Waals surface area contributed by atoms with E-state index >= 15 is 0 Å². The minimum absolute atomic E-state index is 0.0113. The number of fused-ring (bicyclic) bond motifs is 1. The van der Waals surface area contributed by atoms with Crippen LogP contribution >= 0.6 is 0 Å². The van der Waals surface area contributed by atoms with Gasteiger partial charge in [-0.25, -0.2) is 4.39 Å². The highest BCUT2D eigenvalue weighted by molar-refractivity contribution is 5.76. The molecule has 1 aromatic heterocycles. The van der Waals surface area contributed by atoms with Crippen LogP contribution in [0.15, 0.2) is 54.7 Å². The first kappa shape index (κ1) is 17.4. The van der Waals surface area contributed by atoms with Gasteiger partial charge in [-0.1, -0.05) is 24.3 Å². The SMILES string of the molecule is O=C(CCN1Cc2ccccc2C1)NCc1cn[nH]c1-c1ccc(F)cc1. The summed E-state index contributed by atoms with van der Waals surface area (Å²) in [4.78, 5) is 14.5. The number of aromatic nitrogens is 2. The Bertz CT molecular complexity index is 910. The van der Waals surface area contributed by atoms with Gasteiger partial charge in [0.15, 0.2) is 0 Å². The Morgan fingerprint density at radius 3 is 2.52 bits per heavy atom. The molecule has 138 valence electrons. The predicted molar refractivity (Wildman–Crippen MR) is 101 cm³/mol. The second kappa shape index (κ2) is 7.72. The van der Waals surface area contributed by atoms with E-state index in [0.717, 1.165) is 36.5 Å². The number of aromatic amines is 1. The summed E-state index contributed by atoms with van der Waals surface area (Å²) in [5.74, 6) is -0.269. The lowest BCUT2D eigenvalue weighted by Crippen LogP contribution is -2.28. The lowest BCUT2D eigenvalue weighted by molar-refractivity contribution is -0.121. The summed E-state index contributed by atoms with van der Waals surface area (Å²) in [7, 11) is 0. The number of hydrogen-bond acceptors (Lipinski definition) is 3. The number of H-pyrrole nitrogens is 1. The van der Waals surface area contributed by atoms with E-state index in [1.54, 1.807) is 18.3 Å². The monoisotopic (exact) mass is 364 g/mol. The fraction of sp³-hybridized carbons (Fsp3) is 0.238. The fourth-order valence-electron chi connectivity index (χ4n) is 3.42. The van der Waals surface area contributed by atoms with Crippen LogP contribution in [0.2, 0.25) is 0 Å². The number of carbonyl (C=O) groups is 1. The predicted octanol–water partition coefficient (Wildman–Crippen LogP) is 3.24. The summed E-state index contributed by atoms with van der Waals surface area (Å²) in [6, 6.07) is 14.6. The summed E-state index contributed by atoms with van der Waals surface area (Å²) in [6.07, 6.45) is 2.15. The van der Waals surface area contributed by atoms with Crippen molar-refractivity contribution in [1.82, 2.24) is 20.4 Å². The molecule has 0 saturated heterocycles. The Labute approximate surface area is 157 Å². The van der Waals surface area contributed by atoms with E-state index in [1.807, 2.05) is 0 Å². The van der Waals surface area contributed by atoms with E-state index in [0.29, 0.717) is 13.0 Å². The van der Waals surface area contributed by atoms with E-state index in [2.05, 4.69) is 44.7 Å². The van der Waals surface area contributed by atoms with Crippen molar-refractivity contribution in [1.29, 1.82) is 0 Å². The van der Waals surface area contributed by atoms with Crippen LogP contribution in [0.5, 0.6) is 0 Å². The molecule has 0 bridgehead atoms. The van der Waals surface area contributed by atoms with Crippen molar-refractivity contribution in [3.63, 3.8) is 0 Å². The van der Waals surface area contributed by atoms with Gasteiger partial charge in [0, 0.05) is 43.7 Å². The van der Waals surface area contributed by atoms with E-state index in [-0.39, 0.29) is 11.7 Å². The van der Waals surface area contributed by atoms with Gasteiger partial charge in [-0.15, -0.1) is 0 Å². The molecule has 0 unspecified atom stereocenters. The van der Waals surface area contributed by atoms with Gasteiger partial charge in [-0.3, -0.25) is 14.8 Å². The van der Waals surface area contributed by atoms with Crippen molar-refractivity contribution < 1.29 is 9.18 Å². The molecule has 0 aliphatic carbocycles. The first-order valence-electron chi connectivity index (χ1n) is 9.03. The smallest absolute Gasteiger partial charge is 0.221 e. The molecule has 1 aliphatic rings. The molecule has 1 aliphatic heterocycles. The van der Waals surface area contributed by atoms with Crippen LogP contribution in [-0.2, 0) is 24.4 Å². The van der Waals surface area contributed by atoms with Crippen LogP contribution in [0, 0.1) is 5.82 Å². The normalized spacial score (nSPS) is 13.5. The Morgan fingerprint density at radius 1 is 1.11 bits per heavy atom. The summed E-state index contributed by atoms with van der Waals surface area (Å²) >= 11 is 0. The summed E-state index contributed by atoms with van der Waals surface area (Å²) < 4.78 is 13.1. The zero-order valence-corrected chi connectivity index (χ0v) is 14.9. The van der Waals surface area contributed by atoms with E-state index in [4.69, 9.17) is 0 Å². The van der Waals surface area contributed by atoms with Crippen LogP contribution in [0.3, 0.4) is 0 Å². The molecule has 6 heteroatoms. The third-order valence-electron chi connectivity index (χ3n) is 4.89. The van der Waals surface area contributed by atoms with Crippen molar-refractivity contribution in [2.24, 2.45) is 0 Å². The summed E-state index contributed by atoms with van der Waals surface area (Å²) in [5, 5.41) is 9.92. The number of amides is 1. The quantitative estimate of drug-likeness (QED) is 0.706. The minimum atomic E-state index is -0.280. The lowest BCUT2D eigenvalue weighted by atomic mass is 10.1. The molecule has 0 saturated carbocycles. The molecule has 1 amide bonds. The highest BCUT2D eigenvalue weighted by Gasteiger charge is 2.18. The number of rotatable bonds is 6. The van der Waals surface area contributed by atoms with Crippen molar-refractivity contribution in [3.8, 4) is 11.3 Å². The molecular formula is C21H21FN4O. The maximum Gasteiger partial charge on any atom is 0.221 e.